The Bertz CT molecular complexity index is 351. The van der Waals surface area contributed by atoms with Crippen LogP contribution in [0.25, 0.3) is 0 Å². The molecule has 1 N–H and O–H groups in total. The Labute approximate surface area is 96.9 Å². The Morgan fingerprint density at radius 2 is 2.00 bits per heavy atom. The molecule has 0 atom stereocenters. The molecule has 1 saturated carbocycles. The van der Waals surface area contributed by atoms with Crippen molar-refractivity contribution in [3.05, 3.63) is 35.9 Å². The molecule has 3 fully saturated rings. The first-order valence-electron chi connectivity index (χ1n) is 6.20. The smallest absolute Gasteiger partial charge is 0.0489 e. The van der Waals surface area contributed by atoms with E-state index in [0.29, 0.717) is 12.0 Å². The van der Waals surface area contributed by atoms with E-state index < -0.39 is 0 Å². The van der Waals surface area contributed by atoms with E-state index in [1.165, 1.54) is 24.8 Å². The molecule has 1 aromatic rings. The molecule has 3 aliphatic rings. The van der Waals surface area contributed by atoms with Crippen molar-refractivity contribution in [2.24, 2.45) is 5.41 Å². The molecule has 0 aromatic heterocycles. The fourth-order valence-corrected chi connectivity index (χ4v) is 3.20. The highest BCUT2D eigenvalue weighted by atomic mass is 16.3. The van der Waals surface area contributed by atoms with Gasteiger partial charge in [0.15, 0.2) is 0 Å². The number of piperidine rings is 2. The Morgan fingerprint density at radius 3 is 2.56 bits per heavy atom. The van der Waals surface area contributed by atoms with E-state index in [1.54, 1.807) is 0 Å². The van der Waals surface area contributed by atoms with Gasteiger partial charge in [0.2, 0.25) is 0 Å². The van der Waals surface area contributed by atoms with Crippen LogP contribution in [0.2, 0.25) is 0 Å². The van der Waals surface area contributed by atoms with Crippen LogP contribution in [0.5, 0.6) is 0 Å². The van der Waals surface area contributed by atoms with Gasteiger partial charge in [0, 0.05) is 19.2 Å². The first-order valence-corrected chi connectivity index (χ1v) is 6.20. The van der Waals surface area contributed by atoms with E-state index in [9.17, 15) is 5.11 Å². The second-order valence-electron chi connectivity index (χ2n) is 5.43. The van der Waals surface area contributed by atoms with Crippen LogP contribution in [0, 0.1) is 5.41 Å². The van der Waals surface area contributed by atoms with Crippen LogP contribution >= 0.6 is 0 Å². The molecule has 0 spiro atoms. The lowest BCUT2D eigenvalue weighted by Crippen LogP contribution is -2.58. The first-order chi connectivity index (χ1) is 7.81. The van der Waals surface area contributed by atoms with Crippen LogP contribution in [0.3, 0.4) is 0 Å². The van der Waals surface area contributed by atoms with Crippen molar-refractivity contribution in [3.8, 4) is 0 Å². The Hall–Kier alpha value is -0.860. The number of hydrogen-bond donors (Lipinski definition) is 1. The van der Waals surface area contributed by atoms with Crippen molar-refractivity contribution < 1.29 is 5.11 Å². The highest BCUT2D eigenvalue weighted by molar-refractivity contribution is 5.15. The number of hydrogen-bond acceptors (Lipinski definition) is 2. The molecule has 2 nitrogen and oxygen atoms in total. The summed E-state index contributed by atoms with van der Waals surface area (Å²) in [7, 11) is 0. The average Bonchev–Trinajstić information content (AvgIpc) is 2.30. The van der Waals surface area contributed by atoms with Crippen molar-refractivity contribution >= 4 is 0 Å². The van der Waals surface area contributed by atoms with Gasteiger partial charge in [-0.1, -0.05) is 30.3 Å². The number of aliphatic hydroxyl groups excluding tert-OH is 1. The summed E-state index contributed by atoms with van der Waals surface area (Å²) in [6.45, 7) is 2.62. The lowest BCUT2D eigenvalue weighted by Gasteiger charge is -2.57. The topological polar surface area (TPSA) is 23.5 Å². The molecule has 86 valence electrons. The molecule has 2 saturated heterocycles. The zero-order valence-corrected chi connectivity index (χ0v) is 9.60. The Kier molecular flexibility index (Phi) is 2.49. The van der Waals surface area contributed by atoms with Crippen LogP contribution < -0.4 is 0 Å². The zero-order valence-electron chi connectivity index (χ0n) is 9.60. The van der Waals surface area contributed by atoms with Gasteiger partial charge < -0.3 is 5.11 Å². The van der Waals surface area contributed by atoms with Crippen molar-refractivity contribution in [3.63, 3.8) is 0 Å². The molecule has 4 rings (SSSR count). The molecule has 2 bridgehead atoms. The van der Waals surface area contributed by atoms with Crippen LogP contribution in [0.1, 0.15) is 24.8 Å². The SMILES string of the molecule is OCC12CCN(Cc3ccccc3)C(C1)C2. The second-order valence-corrected chi connectivity index (χ2v) is 5.43. The normalized spacial score (nSPS) is 33.4. The van der Waals surface area contributed by atoms with E-state index in [1.807, 2.05) is 0 Å². The van der Waals surface area contributed by atoms with Crippen LogP contribution in [0.15, 0.2) is 30.3 Å². The summed E-state index contributed by atoms with van der Waals surface area (Å²) >= 11 is 0. The van der Waals surface area contributed by atoms with Gasteiger partial charge in [-0.05, 0) is 36.8 Å². The van der Waals surface area contributed by atoms with Gasteiger partial charge in [-0.3, -0.25) is 4.90 Å². The predicted molar refractivity (Wildman–Crippen MR) is 64.0 cm³/mol. The summed E-state index contributed by atoms with van der Waals surface area (Å²) in [6, 6.07) is 11.4. The number of benzene rings is 1. The Balaban J connectivity index is 1.63. The predicted octanol–water partition coefficient (Wildman–Crippen LogP) is 2.03. The van der Waals surface area contributed by atoms with E-state index >= 15 is 0 Å². The molecule has 1 aromatic carbocycles. The van der Waals surface area contributed by atoms with E-state index in [-0.39, 0.29) is 0 Å². The van der Waals surface area contributed by atoms with Crippen LogP contribution in [0.4, 0.5) is 0 Å². The van der Waals surface area contributed by atoms with Gasteiger partial charge in [-0.15, -0.1) is 0 Å². The van der Waals surface area contributed by atoms with E-state index in [0.717, 1.165) is 19.1 Å². The molecular weight excluding hydrogens is 198 g/mol. The number of rotatable bonds is 3. The van der Waals surface area contributed by atoms with Gasteiger partial charge in [0.25, 0.3) is 0 Å². The average molecular weight is 217 g/mol. The lowest BCUT2D eigenvalue weighted by molar-refractivity contribution is -0.0960. The van der Waals surface area contributed by atoms with E-state index in [2.05, 4.69) is 35.2 Å². The molecule has 0 radical (unpaired) electrons. The van der Waals surface area contributed by atoms with E-state index in [4.69, 9.17) is 0 Å². The molecular formula is C14H19NO. The fourth-order valence-electron chi connectivity index (χ4n) is 3.20. The summed E-state index contributed by atoms with van der Waals surface area (Å²) < 4.78 is 0. The molecule has 2 aliphatic heterocycles. The number of fused-ring (bicyclic) bond motifs is 2. The maximum absolute atomic E-state index is 9.35. The first kappa shape index (κ1) is 10.3. The highest BCUT2D eigenvalue weighted by Gasteiger charge is 2.49. The molecule has 2 heterocycles. The molecule has 2 heteroatoms. The van der Waals surface area contributed by atoms with Gasteiger partial charge >= 0.3 is 0 Å². The summed E-state index contributed by atoms with van der Waals surface area (Å²) in [5.74, 6) is 0. The van der Waals surface area contributed by atoms with Gasteiger partial charge in [-0.25, -0.2) is 0 Å². The minimum atomic E-state index is 0.303. The Morgan fingerprint density at radius 1 is 1.25 bits per heavy atom. The summed E-state index contributed by atoms with van der Waals surface area (Å²) in [5, 5.41) is 9.35. The summed E-state index contributed by atoms with van der Waals surface area (Å²) in [4.78, 5) is 2.58. The minimum absolute atomic E-state index is 0.303. The number of aliphatic hydroxyl groups is 1. The minimum Gasteiger partial charge on any atom is -0.396 e. The van der Waals surface area contributed by atoms with Crippen molar-refractivity contribution in [2.45, 2.75) is 31.8 Å². The fraction of sp³-hybridized carbons (Fsp3) is 0.571. The summed E-state index contributed by atoms with van der Waals surface area (Å²) in [5.41, 5.74) is 1.71. The largest absolute Gasteiger partial charge is 0.396 e. The number of nitrogens with zero attached hydrogens (tertiary/aromatic N) is 1. The lowest BCUT2D eigenvalue weighted by atomic mass is 9.60. The van der Waals surface area contributed by atoms with Crippen LogP contribution in [-0.2, 0) is 6.54 Å². The van der Waals surface area contributed by atoms with Crippen molar-refractivity contribution in [1.82, 2.24) is 4.90 Å². The monoisotopic (exact) mass is 217 g/mol. The third-order valence-corrected chi connectivity index (χ3v) is 4.35. The van der Waals surface area contributed by atoms with Crippen molar-refractivity contribution in [2.75, 3.05) is 13.2 Å². The van der Waals surface area contributed by atoms with Crippen molar-refractivity contribution in [1.29, 1.82) is 0 Å². The maximum atomic E-state index is 9.35. The van der Waals surface area contributed by atoms with Gasteiger partial charge in [-0.2, -0.15) is 0 Å². The molecule has 16 heavy (non-hydrogen) atoms. The molecule has 1 aliphatic carbocycles. The standard InChI is InChI=1S/C14H19NO/c16-11-14-6-7-15(13(8-14)9-14)10-12-4-2-1-3-5-12/h1-5,13,16H,6-11H2. The maximum Gasteiger partial charge on any atom is 0.0489 e. The third kappa shape index (κ3) is 1.66. The van der Waals surface area contributed by atoms with Crippen LogP contribution in [-0.4, -0.2) is 29.2 Å². The second kappa shape index (κ2) is 3.86. The quantitative estimate of drug-likeness (QED) is 0.837. The third-order valence-electron chi connectivity index (χ3n) is 4.35. The summed E-state index contributed by atoms with van der Waals surface area (Å²) in [6.07, 6.45) is 3.58. The zero-order chi connectivity index (χ0) is 11.0. The van der Waals surface area contributed by atoms with Gasteiger partial charge in [0.05, 0.1) is 0 Å². The molecule has 0 amide bonds. The highest BCUT2D eigenvalue weighted by Crippen LogP contribution is 2.50. The molecule has 0 unspecified atom stereocenters. The van der Waals surface area contributed by atoms with Gasteiger partial charge in [0.1, 0.15) is 0 Å².